The number of hydrogen-bond donors (Lipinski definition) is 0. The van der Waals surface area contributed by atoms with Crippen LogP contribution in [0.3, 0.4) is 0 Å². The third-order valence-corrected chi connectivity index (χ3v) is 3.06. The largest absolute Gasteiger partial charge is 0.338 e. The Balaban J connectivity index is 2.18. The zero-order valence-electron chi connectivity index (χ0n) is 6.77. The SMILES string of the molecule is O=CN1CCC[C@@H]1c1ccsc1. The molecule has 12 heavy (non-hydrogen) atoms. The molecule has 1 aromatic heterocycles. The van der Waals surface area contributed by atoms with Gasteiger partial charge in [0.1, 0.15) is 0 Å². The smallest absolute Gasteiger partial charge is 0.210 e. The molecule has 0 radical (unpaired) electrons. The summed E-state index contributed by atoms with van der Waals surface area (Å²) >= 11 is 1.70. The average Bonchev–Trinajstić information content (AvgIpc) is 2.74. The first-order valence-corrected chi connectivity index (χ1v) is 5.09. The molecule has 0 unspecified atom stereocenters. The summed E-state index contributed by atoms with van der Waals surface area (Å²) < 4.78 is 0. The number of amides is 1. The van der Waals surface area contributed by atoms with Gasteiger partial charge in [0.15, 0.2) is 0 Å². The van der Waals surface area contributed by atoms with E-state index in [-0.39, 0.29) is 0 Å². The summed E-state index contributed by atoms with van der Waals surface area (Å²) in [4.78, 5) is 12.5. The molecule has 2 rings (SSSR count). The van der Waals surface area contributed by atoms with Crippen molar-refractivity contribution in [2.75, 3.05) is 6.54 Å². The quantitative estimate of drug-likeness (QED) is 0.639. The number of thiophene rings is 1. The first kappa shape index (κ1) is 7.80. The van der Waals surface area contributed by atoms with Crippen LogP contribution in [0, 0.1) is 0 Å². The number of hydrogen-bond acceptors (Lipinski definition) is 2. The second-order valence-electron chi connectivity index (χ2n) is 3.06. The van der Waals surface area contributed by atoms with Crippen molar-refractivity contribution in [2.24, 2.45) is 0 Å². The molecule has 3 heteroatoms. The Morgan fingerprint density at radius 3 is 3.25 bits per heavy atom. The Bertz CT molecular complexity index is 258. The van der Waals surface area contributed by atoms with Crippen molar-refractivity contribution in [1.82, 2.24) is 4.90 Å². The van der Waals surface area contributed by atoms with Crippen LogP contribution in [-0.4, -0.2) is 17.9 Å². The van der Waals surface area contributed by atoms with E-state index in [0.29, 0.717) is 6.04 Å². The van der Waals surface area contributed by atoms with E-state index in [4.69, 9.17) is 0 Å². The Morgan fingerprint density at radius 2 is 2.58 bits per heavy atom. The van der Waals surface area contributed by atoms with Crippen LogP contribution in [0.1, 0.15) is 24.4 Å². The molecule has 0 aromatic carbocycles. The first-order valence-electron chi connectivity index (χ1n) is 4.15. The lowest BCUT2D eigenvalue weighted by Gasteiger charge is -2.18. The second-order valence-corrected chi connectivity index (χ2v) is 3.84. The van der Waals surface area contributed by atoms with Crippen molar-refractivity contribution in [3.63, 3.8) is 0 Å². The highest BCUT2D eigenvalue weighted by Crippen LogP contribution is 2.31. The number of carbonyl (C=O) groups is 1. The highest BCUT2D eigenvalue weighted by Gasteiger charge is 2.24. The molecule has 64 valence electrons. The molecule has 0 aliphatic carbocycles. The molecule has 1 aliphatic heterocycles. The van der Waals surface area contributed by atoms with Crippen LogP contribution in [0.2, 0.25) is 0 Å². The molecule has 0 saturated carbocycles. The van der Waals surface area contributed by atoms with Crippen molar-refractivity contribution in [3.8, 4) is 0 Å². The Labute approximate surface area is 75.8 Å². The lowest BCUT2D eigenvalue weighted by atomic mass is 10.1. The van der Waals surface area contributed by atoms with Crippen LogP contribution in [0.5, 0.6) is 0 Å². The predicted octanol–water partition coefficient (Wildman–Crippen LogP) is 2.04. The Hall–Kier alpha value is -0.830. The highest BCUT2D eigenvalue weighted by molar-refractivity contribution is 7.07. The molecule has 1 aliphatic rings. The minimum atomic E-state index is 0.355. The highest BCUT2D eigenvalue weighted by atomic mass is 32.1. The van der Waals surface area contributed by atoms with Crippen LogP contribution >= 0.6 is 11.3 Å². The number of carbonyl (C=O) groups excluding carboxylic acids is 1. The fraction of sp³-hybridized carbons (Fsp3) is 0.444. The van der Waals surface area contributed by atoms with E-state index in [1.807, 2.05) is 4.90 Å². The maximum atomic E-state index is 10.6. The Morgan fingerprint density at radius 1 is 1.67 bits per heavy atom. The Kier molecular flexibility index (Phi) is 2.13. The van der Waals surface area contributed by atoms with Gasteiger partial charge >= 0.3 is 0 Å². The summed E-state index contributed by atoms with van der Waals surface area (Å²) in [7, 11) is 0. The number of likely N-dealkylation sites (tertiary alicyclic amines) is 1. The maximum Gasteiger partial charge on any atom is 0.210 e. The van der Waals surface area contributed by atoms with Gasteiger partial charge in [0.25, 0.3) is 0 Å². The summed E-state index contributed by atoms with van der Waals surface area (Å²) in [6.45, 7) is 0.921. The van der Waals surface area contributed by atoms with E-state index in [9.17, 15) is 4.79 Å². The van der Waals surface area contributed by atoms with Gasteiger partial charge < -0.3 is 4.90 Å². The summed E-state index contributed by atoms with van der Waals surface area (Å²) in [6, 6.07) is 2.46. The van der Waals surface area contributed by atoms with E-state index in [2.05, 4.69) is 16.8 Å². The van der Waals surface area contributed by atoms with E-state index in [1.54, 1.807) is 11.3 Å². The molecular formula is C9H11NOS. The molecule has 1 saturated heterocycles. The van der Waals surface area contributed by atoms with Gasteiger partial charge in [-0.05, 0) is 35.2 Å². The molecule has 0 N–H and O–H groups in total. The lowest BCUT2D eigenvalue weighted by molar-refractivity contribution is -0.118. The molecule has 0 bridgehead atoms. The zero-order chi connectivity index (χ0) is 8.39. The summed E-state index contributed by atoms with van der Waals surface area (Å²) in [5, 5.41) is 4.20. The van der Waals surface area contributed by atoms with E-state index < -0.39 is 0 Å². The van der Waals surface area contributed by atoms with Gasteiger partial charge in [-0.2, -0.15) is 11.3 Å². The van der Waals surface area contributed by atoms with E-state index in [0.717, 1.165) is 25.8 Å². The van der Waals surface area contributed by atoms with Crippen LogP contribution < -0.4 is 0 Å². The van der Waals surface area contributed by atoms with Crippen molar-refractivity contribution in [2.45, 2.75) is 18.9 Å². The standard InChI is InChI=1S/C9H11NOS/c11-7-10-4-1-2-9(10)8-3-5-12-6-8/h3,5-7,9H,1-2,4H2/t9-/m1/s1. The number of rotatable bonds is 2. The molecule has 1 aromatic rings. The summed E-state index contributed by atoms with van der Waals surface area (Å²) in [5.74, 6) is 0. The van der Waals surface area contributed by atoms with Gasteiger partial charge in [-0.15, -0.1) is 0 Å². The minimum Gasteiger partial charge on any atom is -0.338 e. The van der Waals surface area contributed by atoms with Gasteiger partial charge in [0, 0.05) is 6.54 Å². The molecule has 1 amide bonds. The molecule has 0 spiro atoms. The predicted molar refractivity (Wildman–Crippen MR) is 49.1 cm³/mol. The first-order chi connectivity index (χ1) is 5.92. The molecule has 2 heterocycles. The van der Waals surface area contributed by atoms with Crippen molar-refractivity contribution in [3.05, 3.63) is 22.4 Å². The summed E-state index contributed by atoms with van der Waals surface area (Å²) in [5.41, 5.74) is 1.30. The summed E-state index contributed by atoms with van der Waals surface area (Å²) in [6.07, 6.45) is 3.23. The van der Waals surface area contributed by atoms with Gasteiger partial charge in [-0.25, -0.2) is 0 Å². The van der Waals surface area contributed by atoms with Crippen LogP contribution in [0.25, 0.3) is 0 Å². The van der Waals surface area contributed by atoms with Crippen LogP contribution in [-0.2, 0) is 4.79 Å². The molecular weight excluding hydrogens is 170 g/mol. The fourth-order valence-electron chi connectivity index (χ4n) is 1.74. The van der Waals surface area contributed by atoms with E-state index >= 15 is 0 Å². The number of nitrogens with zero attached hydrogens (tertiary/aromatic N) is 1. The van der Waals surface area contributed by atoms with Gasteiger partial charge in [0.2, 0.25) is 6.41 Å². The van der Waals surface area contributed by atoms with Crippen molar-refractivity contribution < 1.29 is 4.79 Å². The molecule has 1 atom stereocenters. The zero-order valence-corrected chi connectivity index (χ0v) is 7.59. The van der Waals surface area contributed by atoms with Crippen molar-refractivity contribution in [1.29, 1.82) is 0 Å². The minimum absolute atomic E-state index is 0.355. The third kappa shape index (κ3) is 1.25. The van der Waals surface area contributed by atoms with Crippen LogP contribution in [0.15, 0.2) is 16.8 Å². The average molecular weight is 181 g/mol. The van der Waals surface area contributed by atoms with Gasteiger partial charge in [-0.1, -0.05) is 0 Å². The fourth-order valence-corrected chi connectivity index (χ4v) is 2.44. The van der Waals surface area contributed by atoms with Crippen molar-refractivity contribution >= 4 is 17.7 Å². The van der Waals surface area contributed by atoms with E-state index in [1.165, 1.54) is 5.56 Å². The lowest BCUT2D eigenvalue weighted by Crippen LogP contribution is -2.20. The third-order valence-electron chi connectivity index (χ3n) is 2.36. The topological polar surface area (TPSA) is 20.3 Å². The maximum absolute atomic E-state index is 10.6. The van der Waals surface area contributed by atoms with Gasteiger partial charge in [0.05, 0.1) is 6.04 Å². The molecule has 2 nitrogen and oxygen atoms in total. The molecule has 1 fully saturated rings. The normalized spacial score (nSPS) is 23.0. The second kappa shape index (κ2) is 3.27. The van der Waals surface area contributed by atoms with Gasteiger partial charge in [-0.3, -0.25) is 4.79 Å². The van der Waals surface area contributed by atoms with Crippen LogP contribution in [0.4, 0.5) is 0 Å². The monoisotopic (exact) mass is 181 g/mol.